The van der Waals surface area contributed by atoms with E-state index in [0.717, 1.165) is 16.8 Å². The number of rotatable bonds is 8. The molecule has 6 nitrogen and oxygen atoms in total. The molecule has 1 aromatic heterocycles. The van der Waals surface area contributed by atoms with Crippen LogP contribution in [-0.4, -0.2) is 18.2 Å². The molecule has 198 valence electrons. The van der Waals surface area contributed by atoms with E-state index < -0.39 is 14.7 Å². The Kier molecular flexibility index (Phi) is 7.83. The molecule has 0 bridgehead atoms. The summed E-state index contributed by atoms with van der Waals surface area (Å²) in [6.07, 6.45) is 3.06. The van der Waals surface area contributed by atoms with Gasteiger partial charge in [-0.3, -0.25) is 0 Å². The van der Waals surface area contributed by atoms with Crippen molar-refractivity contribution in [3.8, 4) is 28.8 Å². The summed E-state index contributed by atoms with van der Waals surface area (Å²) in [6, 6.07) is 32.6. The highest BCUT2D eigenvalue weighted by Gasteiger charge is 2.22. The van der Waals surface area contributed by atoms with E-state index in [1.807, 2.05) is 91.9 Å². The molecule has 0 spiro atoms. The van der Waals surface area contributed by atoms with E-state index >= 15 is 0 Å². The number of hydrogen-bond acceptors (Lipinski definition) is 5. The molecule has 0 aliphatic carbocycles. The van der Waals surface area contributed by atoms with E-state index in [-0.39, 0.29) is 4.90 Å². The largest absolute Gasteiger partial charge is 0.489 e. The molecule has 0 saturated carbocycles. The Morgan fingerprint density at radius 1 is 0.950 bits per heavy atom. The molecule has 0 aliphatic rings. The van der Waals surface area contributed by atoms with Gasteiger partial charge in [-0.25, -0.2) is 13.1 Å². The summed E-state index contributed by atoms with van der Waals surface area (Å²) in [5.41, 5.74) is 4.78. The van der Waals surface area contributed by atoms with Crippen molar-refractivity contribution in [1.82, 2.24) is 9.78 Å². The van der Waals surface area contributed by atoms with Crippen LogP contribution >= 0.6 is 11.6 Å². The zero-order chi connectivity index (χ0) is 28.1. The number of sulfone groups is 1. The highest BCUT2D eigenvalue weighted by atomic mass is 35.5. The van der Waals surface area contributed by atoms with Gasteiger partial charge in [0.2, 0.25) is 9.84 Å². The SMILES string of the molecule is Cc1ccc(COc2ccc(-c3nn(-c4ccccc4)cc3/C=C(/C#N)S(=O)(=O)c3ccc(Cl)cc3)cc2)cc1. The number of allylic oxidation sites excluding steroid dienone is 1. The summed E-state index contributed by atoms with van der Waals surface area (Å²) >= 11 is 5.93. The predicted molar refractivity (Wildman–Crippen MR) is 157 cm³/mol. The minimum absolute atomic E-state index is 0.0169. The summed E-state index contributed by atoms with van der Waals surface area (Å²) in [7, 11) is -4.08. The van der Waals surface area contributed by atoms with Crippen LogP contribution in [0.4, 0.5) is 0 Å². The van der Waals surface area contributed by atoms with Crippen molar-refractivity contribution in [2.75, 3.05) is 0 Å². The maximum absolute atomic E-state index is 13.3. The molecule has 0 fully saturated rings. The zero-order valence-corrected chi connectivity index (χ0v) is 23.1. The summed E-state index contributed by atoms with van der Waals surface area (Å²) in [5.74, 6) is 0.687. The lowest BCUT2D eigenvalue weighted by atomic mass is 10.1. The molecule has 1 heterocycles. The van der Waals surface area contributed by atoms with Crippen LogP contribution in [0, 0.1) is 18.3 Å². The van der Waals surface area contributed by atoms with Crippen molar-refractivity contribution in [2.45, 2.75) is 18.4 Å². The third-order valence-electron chi connectivity index (χ3n) is 6.23. The van der Waals surface area contributed by atoms with Gasteiger partial charge in [-0.05, 0) is 79.2 Å². The molecule has 0 saturated heterocycles. The average Bonchev–Trinajstić information content (AvgIpc) is 3.40. The molecule has 0 N–H and O–H groups in total. The van der Waals surface area contributed by atoms with Gasteiger partial charge in [0.05, 0.1) is 10.6 Å². The summed E-state index contributed by atoms with van der Waals surface area (Å²) < 4.78 is 34.2. The van der Waals surface area contributed by atoms with Gasteiger partial charge in [-0.2, -0.15) is 10.4 Å². The van der Waals surface area contributed by atoms with Gasteiger partial charge in [-0.15, -0.1) is 0 Å². The zero-order valence-electron chi connectivity index (χ0n) is 21.5. The maximum atomic E-state index is 13.3. The van der Waals surface area contributed by atoms with Gasteiger partial charge >= 0.3 is 0 Å². The second-order valence-electron chi connectivity index (χ2n) is 9.09. The second kappa shape index (κ2) is 11.6. The first kappa shape index (κ1) is 26.9. The molecule has 5 rings (SSSR count). The van der Waals surface area contributed by atoms with E-state index in [1.165, 1.54) is 35.9 Å². The van der Waals surface area contributed by atoms with Crippen molar-refractivity contribution in [1.29, 1.82) is 5.26 Å². The minimum Gasteiger partial charge on any atom is -0.489 e. The standard InChI is InChI=1S/C32H24ClN3O3S/c1-23-7-9-24(10-8-23)22-39-29-15-11-25(12-16-29)32-26(21-36(35-32)28-5-3-2-4-6-28)19-31(20-34)40(37,38)30-17-13-27(33)14-18-30/h2-19,21H,22H2,1H3/b31-19-. The first-order chi connectivity index (χ1) is 19.3. The lowest BCUT2D eigenvalue weighted by Gasteiger charge is -2.08. The van der Waals surface area contributed by atoms with Gasteiger partial charge in [-0.1, -0.05) is 59.6 Å². The third kappa shape index (κ3) is 5.99. The number of hydrogen-bond donors (Lipinski definition) is 0. The molecular formula is C32H24ClN3O3S. The summed E-state index contributed by atoms with van der Waals surface area (Å²) in [5, 5.41) is 15.0. The molecule has 0 amide bonds. The molecule has 40 heavy (non-hydrogen) atoms. The van der Waals surface area contributed by atoms with Crippen LogP contribution in [0.25, 0.3) is 23.0 Å². The van der Waals surface area contributed by atoms with E-state index in [4.69, 9.17) is 21.4 Å². The van der Waals surface area contributed by atoms with Gasteiger partial charge in [0.1, 0.15) is 29.0 Å². The Balaban J connectivity index is 1.50. The predicted octanol–water partition coefficient (Wildman–Crippen LogP) is 7.42. The van der Waals surface area contributed by atoms with Crippen molar-refractivity contribution < 1.29 is 13.2 Å². The first-order valence-corrected chi connectivity index (χ1v) is 14.3. The van der Waals surface area contributed by atoms with Crippen LogP contribution in [0.5, 0.6) is 5.75 Å². The van der Waals surface area contributed by atoms with Crippen LogP contribution in [0.2, 0.25) is 5.02 Å². The van der Waals surface area contributed by atoms with E-state index in [0.29, 0.717) is 28.6 Å². The number of nitriles is 1. The van der Waals surface area contributed by atoms with Gasteiger partial charge in [0.15, 0.2) is 0 Å². The molecule has 0 unspecified atom stereocenters. The second-order valence-corrected chi connectivity index (χ2v) is 11.4. The topological polar surface area (TPSA) is 85.0 Å². The fraction of sp³-hybridized carbons (Fsp3) is 0.0625. The Bertz CT molecular complexity index is 1800. The number of ether oxygens (including phenoxy) is 1. The van der Waals surface area contributed by atoms with Crippen LogP contribution in [0.15, 0.2) is 119 Å². The van der Waals surface area contributed by atoms with E-state index in [2.05, 4.69) is 0 Å². The van der Waals surface area contributed by atoms with Crippen molar-refractivity contribution in [2.24, 2.45) is 0 Å². The van der Waals surface area contributed by atoms with Crippen LogP contribution in [-0.2, 0) is 16.4 Å². The Labute approximate surface area is 238 Å². The maximum Gasteiger partial charge on any atom is 0.216 e. The number of halogens is 1. The highest BCUT2D eigenvalue weighted by Crippen LogP contribution is 2.30. The number of nitrogens with zero attached hydrogens (tertiary/aromatic N) is 3. The molecule has 5 aromatic rings. The van der Waals surface area contributed by atoms with Gasteiger partial charge in [0.25, 0.3) is 0 Å². The first-order valence-electron chi connectivity index (χ1n) is 12.4. The molecule has 8 heteroatoms. The Morgan fingerprint density at radius 2 is 1.62 bits per heavy atom. The fourth-order valence-corrected chi connectivity index (χ4v) is 5.32. The summed E-state index contributed by atoms with van der Waals surface area (Å²) in [6.45, 7) is 2.48. The van der Waals surface area contributed by atoms with Crippen LogP contribution in [0.1, 0.15) is 16.7 Å². The number of benzene rings is 4. The Hall–Kier alpha value is -4.64. The average molecular weight is 566 g/mol. The third-order valence-corrected chi connectivity index (χ3v) is 8.16. The lowest BCUT2D eigenvalue weighted by molar-refractivity contribution is 0.306. The number of para-hydroxylation sites is 1. The highest BCUT2D eigenvalue weighted by molar-refractivity contribution is 7.95. The number of aryl methyl sites for hydroxylation is 1. The minimum atomic E-state index is -4.08. The molecule has 4 aromatic carbocycles. The monoisotopic (exact) mass is 565 g/mol. The molecule has 0 atom stereocenters. The molecule has 0 aliphatic heterocycles. The quantitative estimate of drug-likeness (QED) is 0.183. The van der Waals surface area contributed by atoms with Crippen molar-refractivity contribution in [3.05, 3.63) is 136 Å². The van der Waals surface area contributed by atoms with Gasteiger partial charge < -0.3 is 4.74 Å². The molecule has 0 radical (unpaired) electrons. The summed E-state index contributed by atoms with van der Waals surface area (Å²) in [4.78, 5) is -0.418. The smallest absolute Gasteiger partial charge is 0.216 e. The van der Waals surface area contributed by atoms with Crippen LogP contribution in [0.3, 0.4) is 0 Å². The Morgan fingerprint density at radius 3 is 2.27 bits per heavy atom. The van der Waals surface area contributed by atoms with Crippen LogP contribution < -0.4 is 4.74 Å². The molecular weight excluding hydrogens is 542 g/mol. The fourth-order valence-electron chi connectivity index (χ4n) is 4.04. The van der Waals surface area contributed by atoms with E-state index in [1.54, 1.807) is 10.9 Å². The normalized spacial score (nSPS) is 11.7. The number of aromatic nitrogens is 2. The van der Waals surface area contributed by atoms with Crippen molar-refractivity contribution >= 4 is 27.5 Å². The lowest BCUT2D eigenvalue weighted by Crippen LogP contribution is -2.03. The van der Waals surface area contributed by atoms with Crippen molar-refractivity contribution in [3.63, 3.8) is 0 Å². The van der Waals surface area contributed by atoms with Gasteiger partial charge in [0, 0.05) is 22.3 Å². The van der Waals surface area contributed by atoms with E-state index in [9.17, 15) is 13.7 Å².